The fourth-order valence-electron chi connectivity index (χ4n) is 3.95. The Kier molecular flexibility index (Phi) is 4.57. The van der Waals surface area contributed by atoms with E-state index >= 15 is 0 Å². The van der Waals surface area contributed by atoms with Crippen LogP contribution < -0.4 is 10.6 Å². The molecule has 0 unspecified atom stereocenters. The average molecular weight is 395 g/mol. The van der Waals surface area contributed by atoms with Gasteiger partial charge in [0.2, 0.25) is 5.91 Å². The normalized spacial score (nSPS) is 21.8. The van der Waals surface area contributed by atoms with Crippen molar-refractivity contribution in [1.29, 1.82) is 0 Å². The first-order valence-corrected chi connectivity index (χ1v) is 10.0. The molecular weight excluding hydrogens is 373 g/mol. The van der Waals surface area contributed by atoms with Crippen LogP contribution in [0.4, 0.5) is 10.2 Å². The highest BCUT2D eigenvalue weighted by atomic mass is 19.1. The number of anilines is 1. The molecule has 0 aliphatic heterocycles. The van der Waals surface area contributed by atoms with Gasteiger partial charge in [0.1, 0.15) is 12.0 Å². The molecule has 9 heteroatoms. The largest absolute Gasteiger partial charge is 0.365 e. The molecule has 3 N–H and O–H groups in total. The van der Waals surface area contributed by atoms with Crippen LogP contribution in [0.25, 0.3) is 22.4 Å². The molecule has 3 aromatic heterocycles. The third kappa shape index (κ3) is 3.76. The summed E-state index contributed by atoms with van der Waals surface area (Å²) in [5.41, 5.74) is 1.40. The number of hydrogen-bond donors (Lipinski definition) is 3. The lowest BCUT2D eigenvalue weighted by Crippen LogP contribution is -2.42. The number of H-pyrrole nitrogens is 1. The van der Waals surface area contributed by atoms with E-state index in [1.54, 1.807) is 12.4 Å². The minimum absolute atomic E-state index is 0.0526. The van der Waals surface area contributed by atoms with Gasteiger partial charge in [0.15, 0.2) is 17.5 Å². The Morgan fingerprint density at radius 1 is 1.14 bits per heavy atom. The van der Waals surface area contributed by atoms with E-state index in [1.807, 2.05) is 0 Å². The SMILES string of the molecule is O=C(N[C@H]1CCC[C@@H](Nc2nc(-c3c[nH]c4ncncc34)ncc2F)C1)C1CC1. The lowest BCUT2D eigenvalue weighted by atomic mass is 9.91. The van der Waals surface area contributed by atoms with Gasteiger partial charge in [-0.3, -0.25) is 4.79 Å². The molecule has 3 heterocycles. The van der Waals surface area contributed by atoms with Gasteiger partial charge in [-0.15, -0.1) is 0 Å². The lowest BCUT2D eigenvalue weighted by molar-refractivity contribution is -0.123. The average Bonchev–Trinajstić information content (AvgIpc) is 3.50. The fourth-order valence-corrected chi connectivity index (χ4v) is 3.95. The first-order valence-electron chi connectivity index (χ1n) is 10.0. The zero-order valence-corrected chi connectivity index (χ0v) is 15.9. The van der Waals surface area contributed by atoms with Crippen LogP contribution in [0.5, 0.6) is 0 Å². The molecule has 0 radical (unpaired) electrons. The molecule has 150 valence electrons. The maximum Gasteiger partial charge on any atom is 0.223 e. The summed E-state index contributed by atoms with van der Waals surface area (Å²) in [4.78, 5) is 31.9. The van der Waals surface area contributed by atoms with Gasteiger partial charge in [-0.25, -0.2) is 24.3 Å². The highest BCUT2D eigenvalue weighted by molar-refractivity contribution is 5.90. The van der Waals surface area contributed by atoms with Crippen LogP contribution in [0.15, 0.2) is 24.9 Å². The summed E-state index contributed by atoms with van der Waals surface area (Å²) >= 11 is 0. The second-order valence-corrected chi connectivity index (χ2v) is 7.87. The molecule has 8 nitrogen and oxygen atoms in total. The molecule has 2 aliphatic rings. The summed E-state index contributed by atoms with van der Waals surface area (Å²) in [7, 11) is 0. The number of nitrogens with zero attached hydrogens (tertiary/aromatic N) is 4. The maximum absolute atomic E-state index is 14.4. The topological polar surface area (TPSA) is 108 Å². The third-order valence-corrected chi connectivity index (χ3v) is 5.65. The number of halogens is 1. The van der Waals surface area contributed by atoms with Crippen LogP contribution in [0.2, 0.25) is 0 Å². The molecule has 29 heavy (non-hydrogen) atoms. The second kappa shape index (κ2) is 7.38. The maximum atomic E-state index is 14.4. The molecular formula is C20H22FN7O. The first-order chi connectivity index (χ1) is 14.2. The number of amides is 1. The van der Waals surface area contributed by atoms with E-state index in [9.17, 15) is 9.18 Å². The number of carbonyl (C=O) groups is 1. The predicted octanol–water partition coefficient (Wildman–Crippen LogP) is 2.80. The Hall–Kier alpha value is -3.10. The molecule has 2 fully saturated rings. The van der Waals surface area contributed by atoms with Gasteiger partial charge < -0.3 is 15.6 Å². The van der Waals surface area contributed by atoms with Crippen molar-refractivity contribution < 1.29 is 9.18 Å². The smallest absolute Gasteiger partial charge is 0.223 e. The lowest BCUT2D eigenvalue weighted by Gasteiger charge is -2.30. The van der Waals surface area contributed by atoms with Crippen LogP contribution in [0, 0.1) is 11.7 Å². The minimum atomic E-state index is -0.492. The molecule has 5 rings (SSSR count). The van der Waals surface area contributed by atoms with Crippen molar-refractivity contribution in [1.82, 2.24) is 30.2 Å². The first kappa shape index (κ1) is 18.0. The van der Waals surface area contributed by atoms with Crippen LogP contribution in [-0.4, -0.2) is 42.9 Å². The van der Waals surface area contributed by atoms with Gasteiger partial charge in [0, 0.05) is 41.3 Å². The van der Waals surface area contributed by atoms with E-state index in [1.165, 1.54) is 12.5 Å². The molecule has 2 aliphatic carbocycles. The molecule has 1 amide bonds. The van der Waals surface area contributed by atoms with Crippen molar-refractivity contribution in [2.75, 3.05) is 5.32 Å². The van der Waals surface area contributed by atoms with E-state index in [-0.39, 0.29) is 29.7 Å². The van der Waals surface area contributed by atoms with Crippen LogP contribution >= 0.6 is 0 Å². The van der Waals surface area contributed by atoms with E-state index in [0.29, 0.717) is 11.5 Å². The van der Waals surface area contributed by atoms with E-state index < -0.39 is 5.82 Å². The van der Waals surface area contributed by atoms with Crippen molar-refractivity contribution in [2.24, 2.45) is 5.92 Å². The van der Waals surface area contributed by atoms with Gasteiger partial charge in [-0.05, 0) is 38.5 Å². The summed E-state index contributed by atoms with van der Waals surface area (Å²) < 4.78 is 14.4. The van der Waals surface area contributed by atoms with E-state index in [4.69, 9.17) is 0 Å². The molecule has 0 saturated heterocycles. The zero-order valence-electron chi connectivity index (χ0n) is 15.9. The van der Waals surface area contributed by atoms with Crippen molar-refractivity contribution in [3.63, 3.8) is 0 Å². The van der Waals surface area contributed by atoms with Gasteiger partial charge in [0.25, 0.3) is 0 Å². The Morgan fingerprint density at radius 2 is 2.00 bits per heavy atom. The van der Waals surface area contributed by atoms with E-state index in [2.05, 4.69) is 35.6 Å². The highest BCUT2D eigenvalue weighted by Crippen LogP contribution is 2.31. The van der Waals surface area contributed by atoms with Gasteiger partial charge in [-0.1, -0.05) is 0 Å². The van der Waals surface area contributed by atoms with Crippen LogP contribution in [-0.2, 0) is 4.79 Å². The molecule has 0 bridgehead atoms. The highest BCUT2D eigenvalue weighted by Gasteiger charge is 2.32. The van der Waals surface area contributed by atoms with Gasteiger partial charge >= 0.3 is 0 Å². The third-order valence-electron chi connectivity index (χ3n) is 5.65. The standard InChI is InChI=1S/C20H22FN7O/c21-16-9-24-18(15-8-23-17-14(15)7-22-10-25-17)28-19(16)26-12-2-1-3-13(6-12)27-20(29)11-4-5-11/h7-13H,1-6H2,(H,27,29)(H,22,23,25)(H,24,26,28)/t12-,13+/m1/s1. The summed E-state index contributed by atoms with van der Waals surface area (Å²) in [5, 5.41) is 7.15. The fraction of sp³-hybridized carbons (Fsp3) is 0.450. The molecule has 3 aromatic rings. The quantitative estimate of drug-likeness (QED) is 0.613. The monoisotopic (exact) mass is 395 g/mol. The van der Waals surface area contributed by atoms with Crippen molar-refractivity contribution in [2.45, 2.75) is 50.6 Å². The Morgan fingerprint density at radius 3 is 2.86 bits per heavy atom. The molecule has 0 aromatic carbocycles. The summed E-state index contributed by atoms with van der Waals surface area (Å²) in [5.74, 6) is 0.455. The zero-order chi connectivity index (χ0) is 19.8. The van der Waals surface area contributed by atoms with E-state index in [0.717, 1.165) is 49.5 Å². The van der Waals surface area contributed by atoms with Crippen molar-refractivity contribution in [3.05, 3.63) is 30.7 Å². The number of rotatable bonds is 5. The molecule has 2 atom stereocenters. The Labute approximate surface area is 166 Å². The van der Waals surface area contributed by atoms with Crippen LogP contribution in [0.1, 0.15) is 38.5 Å². The number of aromatic nitrogens is 5. The number of fused-ring (bicyclic) bond motifs is 1. The number of nitrogens with one attached hydrogen (secondary N) is 3. The number of carbonyl (C=O) groups excluding carboxylic acids is 1. The summed E-state index contributed by atoms with van der Waals surface area (Å²) in [6.07, 6.45) is 11.7. The predicted molar refractivity (Wildman–Crippen MR) is 105 cm³/mol. The van der Waals surface area contributed by atoms with Crippen LogP contribution in [0.3, 0.4) is 0 Å². The second-order valence-electron chi connectivity index (χ2n) is 7.87. The van der Waals surface area contributed by atoms with Gasteiger partial charge in [-0.2, -0.15) is 0 Å². The number of hydrogen-bond acceptors (Lipinski definition) is 6. The summed E-state index contributed by atoms with van der Waals surface area (Å²) in [6.45, 7) is 0. The molecule has 0 spiro atoms. The Balaban J connectivity index is 1.33. The Bertz CT molecular complexity index is 1050. The molecule has 2 saturated carbocycles. The van der Waals surface area contributed by atoms with Crippen molar-refractivity contribution >= 4 is 22.8 Å². The minimum Gasteiger partial charge on any atom is -0.365 e. The number of aromatic amines is 1. The summed E-state index contributed by atoms with van der Waals surface area (Å²) in [6, 6.07) is 0.182. The van der Waals surface area contributed by atoms with Gasteiger partial charge in [0.05, 0.1) is 6.20 Å². The van der Waals surface area contributed by atoms with Crippen molar-refractivity contribution in [3.8, 4) is 11.4 Å².